The maximum atomic E-state index is 13.5. The first-order chi connectivity index (χ1) is 18.0. The topological polar surface area (TPSA) is 89.3 Å². The Morgan fingerprint density at radius 2 is 1.85 bits per heavy atom. The van der Waals surface area contributed by atoms with Crippen LogP contribution in [-0.2, 0) is 22.4 Å². The summed E-state index contributed by atoms with van der Waals surface area (Å²) in [5.74, 6) is -0.920. The van der Waals surface area contributed by atoms with Gasteiger partial charge in [0.25, 0.3) is 0 Å². The van der Waals surface area contributed by atoms with Crippen molar-refractivity contribution < 1.29 is 32.5 Å². The second-order valence-corrected chi connectivity index (χ2v) is 17.3. The molecule has 39 heavy (non-hydrogen) atoms. The molecule has 0 atom stereocenters. The van der Waals surface area contributed by atoms with E-state index in [9.17, 15) is 23.1 Å². The SMILES string of the molecule is Cc1cc(OCC(C)(C)C(=O)[O-])ncc1-c1ccc(-c2nc(C(F)(F)F)cn2COCC[Si](C)(C)C)c(Cl)c1. The number of carboxylic acid groups (broad SMARTS) is 1. The van der Waals surface area contributed by atoms with Crippen molar-refractivity contribution in [1.29, 1.82) is 0 Å². The molecule has 0 fully saturated rings. The van der Waals surface area contributed by atoms with Gasteiger partial charge < -0.3 is 23.9 Å². The summed E-state index contributed by atoms with van der Waals surface area (Å²) in [4.78, 5) is 19.3. The molecule has 0 unspecified atom stereocenters. The number of aryl methyl sites for hydroxylation is 1. The van der Waals surface area contributed by atoms with Crippen LogP contribution >= 0.6 is 11.6 Å². The van der Waals surface area contributed by atoms with Gasteiger partial charge in [0.2, 0.25) is 5.88 Å². The predicted molar refractivity (Wildman–Crippen MR) is 144 cm³/mol. The van der Waals surface area contributed by atoms with E-state index in [0.717, 1.165) is 23.4 Å². The van der Waals surface area contributed by atoms with Crippen LogP contribution in [0.4, 0.5) is 13.2 Å². The fourth-order valence-corrected chi connectivity index (χ4v) is 4.52. The lowest BCUT2D eigenvalue weighted by molar-refractivity contribution is -0.318. The molecule has 0 aliphatic heterocycles. The van der Waals surface area contributed by atoms with E-state index in [1.165, 1.54) is 18.4 Å². The molecular weight excluding hydrogens is 551 g/mol. The minimum Gasteiger partial charge on any atom is -0.549 e. The number of nitrogens with zero attached hydrogens (tertiary/aromatic N) is 3. The molecular formula is C27H32ClF3N3O4Si-. The van der Waals surface area contributed by atoms with E-state index < -0.39 is 31.3 Å². The molecule has 0 aliphatic carbocycles. The zero-order chi connectivity index (χ0) is 29.2. The van der Waals surface area contributed by atoms with Gasteiger partial charge in [-0.25, -0.2) is 9.97 Å². The number of aromatic nitrogens is 3. The number of aliphatic carboxylic acids is 1. The highest BCUT2D eigenvalue weighted by Crippen LogP contribution is 2.36. The molecule has 0 amide bonds. The quantitative estimate of drug-likeness (QED) is 0.202. The molecule has 2 aromatic heterocycles. The summed E-state index contributed by atoms with van der Waals surface area (Å²) in [6.07, 6.45) is -2.12. The van der Waals surface area contributed by atoms with Crippen molar-refractivity contribution in [2.24, 2.45) is 5.41 Å². The number of pyridine rings is 1. The summed E-state index contributed by atoms with van der Waals surface area (Å²) in [6.45, 7) is 11.6. The molecule has 12 heteroatoms. The Hall–Kier alpha value is -2.89. The van der Waals surface area contributed by atoms with Gasteiger partial charge in [0.1, 0.15) is 19.2 Å². The third-order valence-electron chi connectivity index (χ3n) is 6.03. The van der Waals surface area contributed by atoms with Crippen LogP contribution < -0.4 is 9.84 Å². The maximum absolute atomic E-state index is 13.5. The van der Waals surface area contributed by atoms with Crippen LogP contribution in [0.3, 0.4) is 0 Å². The Labute approximate surface area is 232 Å². The summed E-state index contributed by atoms with van der Waals surface area (Å²) in [7, 11) is -1.36. The molecule has 0 saturated heterocycles. The Morgan fingerprint density at radius 3 is 2.41 bits per heavy atom. The second-order valence-electron chi connectivity index (χ2n) is 11.3. The third kappa shape index (κ3) is 8.06. The van der Waals surface area contributed by atoms with Crippen molar-refractivity contribution in [2.75, 3.05) is 13.2 Å². The molecule has 0 spiro atoms. The average Bonchev–Trinajstić information content (AvgIpc) is 3.24. The van der Waals surface area contributed by atoms with Gasteiger partial charge in [-0.3, -0.25) is 0 Å². The summed E-state index contributed by atoms with van der Waals surface area (Å²) in [5, 5.41) is 11.4. The van der Waals surface area contributed by atoms with E-state index in [-0.39, 0.29) is 30.1 Å². The lowest BCUT2D eigenvalue weighted by Gasteiger charge is -2.25. The molecule has 0 N–H and O–H groups in total. The van der Waals surface area contributed by atoms with Gasteiger partial charge in [-0.2, -0.15) is 13.2 Å². The van der Waals surface area contributed by atoms with Crippen LogP contribution in [0.5, 0.6) is 5.88 Å². The molecule has 0 saturated carbocycles. The number of halogens is 4. The van der Waals surface area contributed by atoms with E-state index in [1.807, 2.05) is 6.92 Å². The third-order valence-corrected chi connectivity index (χ3v) is 8.05. The van der Waals surface area contributed by atoms with Gasteiger partial charge in [0, 0.05) is 49.7 Å². The second kappa shape index (κ2) is 11.7. The zero-order valence-electron chi connectivity index (χ0n) is 22.8. The van der Waals surface area contributed by atoms with Crippen molar-refractivity contribution >= 4 is 25.6 Å². The predicted octanol–water partition coefficient (Wildman–Crippen LogP) is 6.06. The van der Waals surface area contributed by atoms with Gasteiger partial charge in [-0.1, -0.05) is 51.2 Å². The van der Waals surface area contributed by atoms with Crippen LogP contribution in [0, 0.1) is 12.3 Å². The molecule has 2 heterocycles. The van der Waals surface area contributed by atoms with Crippen molar-refractivity contribution in [3.63, 3.8) is 0 Å². The maximum Gasteiger partial charge on any atom is 0.434 e. The van der Waals surface area contributed by atoms with Crippen molar-refractivity contribution in [3.8, 4) is 28.4 Å². The highest BCUT2D eigenvalue weighted by atomic mass is 35.5. The summed E-state index contributed by atoms with van der Waals surface area (Å²) in [6, 6.07) is 7.53. The standard InChI is InChI=1S/C27H33ClF3N3O4Si/c1-17-11-23(38-15-26(2,3)25(35)36)32-13-20(17)18-7-8-19(21(28)12-18)24-33-22(27(29,30)31)14-34(24)16-37-9-10-39(4,5)6/h7-8,11-14H,9-10,15-16H2,1-6H3,(H,35,36)/p-1. The molecule has 1 aromatic carbocycles. The van der Waals surface area contributed by atoms with E-state index in [4.69, 9.17) is 21.1 Å². The molecule has 0 aliphatic rings. The first-order valence-electron chi connectivity index (χ1n) is 12.3. The van der Waals surface area contributed by atoms with Crippen LogP contribution in [0.1, 0.15) is 25.1 Å². The fourth-order valence-electron chi connectivity index (χ4n) is 3.50. The Bertz CT molecular complexity index is 1340. The molecule has 0 radical (unpaired) electrons. The highest BCUT2D eigenvalue weighted by Gasteiger charge is 2.35. The van der Waals surface area contributed by atoms with Crippen LogP contribution in [-0.4, -0.2) is 41.8 Å². The number of hydrogen-bond acceptors (Lipinski definition) is 6. The smallest absolute Gasteiger partial charge is 0.434 e. The number of ether oxygens (including phenoxy) is 2. The average molecular weight is 583 g/mol. The number of imidazole rings is 1. The van der Waals surface area contributed by atoms with E-state index >= 15 is 0 Å². The zero-order valence-corrected chi connectivity index (χ0v) is 24.5. The first kappa shape index (κ1) is 30.6. The summed E-state index contributed by atoms with van der Waals surface area (Å²) >= 11 is 6.57. The molecule has 212 valence electrons. The lowest BCUT2D eigenvalue weighted by atomic mass is 9.95. The number of hydrogen-bond donors (Lipinski definition) is 0. The number of alkyl halides is 3. The van der Waals surface area contributed by atoms with E-state index in [0.29, 0.717) is 17.7 Å². The minimum absolute atomic E-state index is 0.0565. The number of carboxylic acids is 1. The number of rotatable bonds is 11. The summed E-state index contributed by atoms with van der Waals surface area (Å²) < 4.78 is 53.0. The van der Waals surface area contributed by atoms with Gasteiger partial charge in [-0.15, -0.1) is 0 Å². The minimum atomic E-state index is -4.62. The highest BCUT2D eigenvalue weighted by molar-refractivity contribution is 6.76. The molecule has 0 bridgehead atoms. The Kier molecular flexibility index (Phi) is 9.19. The van der Waals surface area contributed by atoms with Crippen molar-refractivity contribution in [2.45, 2.75) is 59.4 Å². The number of carbonyl (C=O) groups excluding carboxylic acids is 1. The van der Waals surface area contributed by atoms with E-state index in [1.54, 1.807) is 30.5 Å². The monoisotopic (exact) mass is 582 g/mol. The lowest BCUT2D eigenvalue weighted by Crippen LogP contribution is -2.42. The fraction of sp³-hybridized carbons (Fsp3) is 0.444. The summed E-state index contributed by atoms with van der Waals surface area (Å²) in [5.41, 5.74) is 0.324. The normalized spacial score (nSPS) is 12.6. The van der Waals surface area contributed by atoms with Crippen LogP contribution in [0.2, 0.25) is 30.7 Å². The molecule has 3 aromatic rings. The Balaban J connectivity index is 1.86. The van der Waals surface area contributed by atoms with Gasteiger partial charge in [0.15, 0.2) is 5.69 Å². The molecule has 7 nitrogen and oxygen atoms in total. The number of benzene rings is 1. The van der Waals surface area contributed by atoms with Gasteiger partial charge in [-0.05, 0) is 36.2 Å². The van der Waals surface area contributed by atoms with Gasteiger partial charge in [0.05, 0.1) is 11.0 Å². The van der Waals surface area contributed by atoms with Crippen LogP contribution in [0.25, 0.3) is 22.5 Å². The Morgan fingerprint density at radius 1 is 1.15 bits per heavy atom. The van der Waals surface area contributed by atoms with Crippen molar-refractivity contribution in [1.82, 2.24) is 14.5 Å². The number of carbonyl (C=O) groups is 1. The first-order valence-corrected chi connectivity index (χ1v) is 16.4. The van der Waals surface area contributed by atoms with Gasteiger partial charge >= 0.3 is 6.18 Å². The van der Waals surface area contributed by atoms with Crippen LogP contribution in [0.15, 0.2) is 36.7 Å². The molecule has 3 rings (SSSR count). The van der Waals surface area contributed by atoms with Crippen molar-refractivity contribution in [3.05, 3.63) is 52.9 Å². The largest absolute Gasteiger partial charge is 0.549 e. The van der Waals surface area contributed by atoms with E-state index in [2.05, 4.69) is 29.6 Å².